The topological polar surface area (TPSA) is 62.2 Å². The molecule has 1 aliphatic heterocycles. The molecule has 0 aliphatic carbocycles. The number of likely N-dealkylation sites (tertiary alicyclic amines) is 1. The van der Waals surface area contributed by atoms with Crippen LogP contribution >= 0.6 is 0 Å². The lowest BCUT2D eigenvalue weighted by molar-refractivity contribution is 0.233. The number of ether oxygens (including phenoxy) is 2. The number of aliphatic hydroxyl groups is 1. The lowest BCUT2D eigenvalue weighted by atomic mass is 9.97. The van der Waals surface area contributed by atoms with E-state index in [9.17, 15) is 5.11 Å². The Labute approximate surface area is 183 Å². The highest BCUT2D eigenvalue weighted by molar-refractivity contribution is 5.89. The molecule has 0 atom stereocenters. The molecule has 1 aliphatic rings. The molecule has 2 N–H and O–H groups in total. The van der Waals surface area contributed by atoms with Crippen LogP contribution in [0.15, 0.2) is 54.6 Å². The fourth-order valence-electron chi connectivity index (χ4n) is 4.13. The van der Waals surface area contributed by atoms with Crippen LogP contribution in [0.5, 0.6) is 17.2 Å². The SMILES string of the molecule is OCCCOc1ccc2cc(O)ccc2c1Cc1ccc(OCCN2CCCC2)cc1. The van der Waals surface area contributed by atoms with E-state index in [1.807, 2.05) is 30.3 Å². The first-order valence-corrected chi connectivity index (χ1v) is 11.2. The first kappa shape index (κ1) is 21.5. The third-order valence-corrected chi connectivity index (χ3v) is 5.81. The molecule has 0 saturated carbocycles. The van der Waals surface area contributed by atoms with Crippen LogP contribution in [-0.2, 0) is 6.42 Å². The van der Waals surface area contributed by atoms with Gasteiger partial charge in [-0.3, -0.25) is 4.90 Å². The highest BCUT2D eigenvalue weighted by atomic mass is 16.5. The number of hydrogen-bond donors (Lipinski definition) is 2. The number of phenols is 1. The molecule has 0 aromatic heterocycles. The summed E-state index contributed by atoms with van der Waals surface area (Å²) in [6.45, 7) is 4.66. The van der Waals surface area contributed by atoms with Crippen molar-refractivity contribution in [2.45, 2.75) is 25.7 Å². The number of phenolic OH excluding ortho intramolecular Hbond substituents is 1. The first-order valence-electron chi connectivity index (χ1n) is 11.2. The molecule has 0 radical (unpaired) electrons. The van der Waals surface area contributed by atoms with Crippen LogP contribution < -0.4 is 9.47 Å². The molecule has 0 unspecified atom stereocenters. The maximum atomic E-state index is 9.85. The van der Waals surface area contributed by atoms with Gasteiger partial charge in [-0.2, -0.15) is 0 Å². The predicted octanol–water partition coefficient (Wildman–Crippen LogP) is 4.37. The van der Waals surface area contributed by atoms with Crippen LogP contribution in [0.25, 0.3) is 10.8 Å². The normalized spacial score (nSPS) is 14.2. The molecule has 5 nitrogen and oxygen atoms in total. The Kier molecular flexibility index (Phi) is 7.28. The van der Waals surface area contributed by atoms with Gasteiger partial charge in [0.2, 0.25) is 0 Å². The smallest absolute Gasteiger partial charge is 0.123 e. The Bertz CT molecular complexity index is 981. The summed E-state index contributed by atoms with van der Waals surface area (Å²) in [7, 11) is 0. The average Bonchev–Trinajstić information content (AvgIpc) is 3.30. The van der Waals surface area contributed by atoms with Gasteiger partial charge in [0.25, 0.3) is 0 Å². The Morgan fingerprint density at radius 1 is 0.871 bits per heavy atom. The highest BCUT2D eigenvalue weighted by Crippen LogP contribution is 2.32. The fourth-order valence-corrected chi connectivity index (χ4v) is 4.13. The van der Waals surface area contributed by atoms with E-state index in [1.165, 1.54) is 31.5 Å². The Morgan fingerprint density at radius 2 is 1.68 bits per heavy atom. The molecule has 3 aromatic rings. The molecular formula is C26H31NO4. The van der Waals surface area contributed by atoms with Gasteiger partial charge in [-0.15, -0.1) is 0 Å². The third kappa shape index (κ3) is 5.69. The zero-order valence-corrected chi connectivity index (χ0v) is 17.9. The van der Waals surface area contributed by atoms with Crippen LogP contribution in [-0.4, -0.2) is 54.6 Å². The van der Waals surface area contributed by atoms with Gasteiger partial charge in [0, 0.05) is 31.6 Å². The first-order chi connectivity index (χ1) is 15.2. The second-order valence-corrected chi connectivity index (χ2v) is 8.09. The van der Waals surface area contributed by atoms with Gasteiger partial charge >= 0.3 is 0 Å². The summed E-state index contributed by atoms with van der Waals surface area (Å²) in [5.74, 6) is 1.96. The molecule has 1 saturated heterocycles. The van der Waals surface area contributed by atoms with Gasteiger partial charge < -0.3 is 19.7 Å². The largest absolute Gasteiger partial charge is 0.508 e. The zero-order valence-electron chi connectivity index (χ0n) is 17.9. The van der Waals surface area contributed by atoms with E-state index in [1.54, 1.807) is 12.1 Å². The van der Waals surface area contributed by atoms with Gasteiger partial charge in [0.1, 0.15) is 23.9 Å². The van der Waals surface area contributed by atoms with E-state index in [-0.39, 0.29) is 12.4 Å². The maximum Gasteiger partial charge on any atom is 0.123 e. The number of fused-ring (bicyclic) bond motifs is 1. The van der Waals surface area contributed by atoms with Crippen molar-refractivity contribution in [1.82, 2.24) is 4.90 Å². The van der Waals surface area contributed by atoms with Crippen molar-refractivity contribution in [2.24, 2.45) is 0 Å². The monoisotopic (exact) mass is 421 g/mol. The molecular weight excluding hydrogens is 390 g/mol. The molecule has 3 aromatic carbocycles. The minimum Gasteiger partial charge on any atom is -0.508 e. The van der Waals surface area contributed by atoms with E-state index in [0.29, 0.717) is 19.4 Å². The van der Waals surface area contributed by atoms with Crippen LogP contribution in [0.2, 0.25) is 0 Å². The van der Waals surface area contributed by atoms with Gasteiger partial charge in [-0.05, 0) is 72.6 Å². The Hall–Kier alpha value is -2.76. The van der Waals surface area contributed by atoms with Crippen LogP contribution in [0, 0.1) is 0 Å². The number of aromatic hydroxyl groups is 1. The highest BCUT2D eigenvalue weighted by Gasteiger charge is 2.12. The zero-order chi connectivity index (χ0) is 21.5. The predicted molar refractivity (Wildman–Crippen MR) is 123 cm³/mol. The summed E-state index contributed by atoms with van der Waals surface area (Å²) in [4.78, 5) is 2.45. The fraction of sp³-hybridized carbons (Fsp3) is 0.385. The van der Waals surface area contributed by atoms with E-state index in [2.05, 4.69) is 17.0 Å². The number of aliphatic hydroxyl groups excluding tert-OH is 1. The second-order valence-electron chi connectivity index (χ2n) is 8.09. The molecule has 5 heteroatoms. The van der Waals surface area contributed by atoms with Crippen molar-refractivity contribution < 1.29 is 19.7 Å². The number of nitrogens with zero attached hydrogens (tertiary/aromatic N) is 1. The lowest BCUT2D eigenvalue weighted by Gasteiger charge is -2.16. The van der Waals surface area contributed by atoms with Crippen LogP contribution in [0.3, 0.4) is 0 Å². The van der Waals surface area contributed by atoms with Gasteiger partial charge in [-0.25, -0.2) is 0 Å². The van der Waals surface area contributed by atoms with E-state index in [4.69, 9.17) is 14.6 Å². The number of benzene rings is 3. The lowest BCUT2D eigenvalue weighted by Crippen LogP contribution is -2.25. The van der Waals surface area contributed by atoms with E-state index < -0.39 is 0 Å². The summed E-state index contributed by atoms with van der Waals surface area (Å²) in [5.41, 5.74) is 2.25. The van der Waals surface area contributed by atoms with E-state index >= 15 is 0 Å². The van der Waals surface area contributed by atoms with Crippen molar-refractivity contribution in [3.8, 4) is 17.2 Å². The minimum atomic E-state index is 0.107. The quantitative estimate of drug-likeness (QED) is 0.476. The van der Waals surface area contributed by atoms with Crippen molar-refractivity contribution in [3.63, 3.8) is 0 Å². The summed E-state index contributed by atoms with van der Waals surface area (Å²) < 4.78 is 11.9. The maximum absolute atomic E-state index is 9.85. The van der Waals surface area contributed by atoms with Gasteiger partial charge in [-0.1, -0.05) is 24.3 Å². The standard InChI is InChI=1S/C26H31NO4/c28-15-3-16-31-26-11-6-21-19-22(29)7-10-24(21)25(26)18-20-4-8-23(9-5-20)30-17-14-27-12-1-2-13-27/h4-11,19,28-29H,1-3,12-18H2. The molecule has 0 spiro atoms. The molecule has 4 rings (SSSR count). The van der Waals surface area contributed by atoms with Crippen molar-refractivity contribution >= 4 is 10.8 Å². The van der Waals surface area contributed by atoms with E-state index in [0.717, 1.165) is 41.0 Å². The molecule has 164 valence electrons. The second kappa shape index (κ2) is 10.5. The van der Waals surface area contributed by atoms with Crippen molar-refractivity contribution in [3.05, 3.63) is 65.7 Å². The average molecular weight is 422 g/mol. The molecule has 0 amide bonds. The Balaban J connectivity index is 1.47. The minimum absolute atomic E-state index is 0.107. The number of hydrogen-bond acceptors (Lipinski definition) is 5. The van der Waals surface area contributed by atoms with Crippen molar-refractivity contribution in [1.29, 1.82) is 0 Å². The molecule has 0 bridgehead atoms. The van der Waals surface area contributed by atoms with Gasteiger partial charge in [0.05, 0.1) is 6.61 Å². The number of rotatable bonds is 10. The third-order valence-electron chi connectivity index (χ3n) is 5.81. The molecule has 31 heavy (non-hydrogen) atoms. The summed E-state index contributed by atoms with van der Waals surface area (Å²) in [6, 6.07) is 17.6. The molecule has 1 heterocycles. The van der Waals surface area contributed by atoms with Gasteiger partial charge in [0.15, 0.2) is 0 Å². The summed E-state index contributed by atoms with van der Waals surface area (Å²) in [5, 5.41) is 21.0. The summed E-state index contributed by atoms with van der Waals surface area (Å²) in [6.07, 6.45) is 3.91. The molecule has 1 fully saturated rings. The van der Waals surface area contributed by atoms with Crippen LogP contribution in [0.1, 0.15) is 30.4 Å². The van der Waals surface area contributed by atoms with Crippen LogP contribution in [0.4, 0.5) is 0 Å². The van der Waals surface area contributed by atoms with Crippen molar-refractivity contribution in [2.75, 3.05) is 39.5 Å². The Morgan fingerprint density at radius 3 is 2.45 bits per heavy atom. The summed E-state index contributed by atoms with van der Waals surface area (Å²) >= 11 is 0.